The molecule has 1 heterocycles. The van der Waals surface area contributed by atoms with Crippen molar-refractivity contribution >= 4 is 32.8 Å². The number of esters is 1. The van der Waals surface area contributed by atoms with Crippen molar-refractivity contribution in [3.63, 3.8) is 0 Å². The number of rotatable bonds is 1. The van der Waals surface area contributed by atoms with Crippen LogP contribution in [0.15, 0.2) is 22.8 Å². The molecule has 5 heteroatoms. The zero-order valence-electron chi connectivity index (χ0n) is 9.25. The van der Waals surface area contributed by atoms with E-state index in [2.05, 4.69) is 25.7 Å². The number of benzene rings is 1. The molecule has 1 aromatic carbocycles. The van der Waals surface area contributed by atoms with Gasteiger partial charge in [-0.1, -0.05) is 0 Å². The van der Waals surface area contributed by atoms with Gasteiger partial charge in [-0.05, 0) is 35.0 Å². The maximum absolute atomic E-state index is 13.4. The summed E-state index contributed by atoms with van der Waals surface area (Å²) in [5.41, 5.74) is 1.31. The van der Waals surface area contributed by atoms with Crippen LogP contribution in [0.3, 0.4) is 0 Å². The molecule has 3 nitrogen and oxygen atoms in total. The smallest absolute Gasteiger partial charge is 0.340 e. The van der Waals surface area contributed by atoms with Gasteiger partial charge >= 0.3 is 5.97 Å². The van der Waals surface area contributed by atoms with E-state index in [-0.39, 0.29) is 5.82 Å². The molecule has 0 N–H and O–H groups in total. The molecule has 0 saturated carbocycles. The van der Waals surface area contributed by atoms with Gasteiger partial charge in [0, 0.05) is 21.6 Å². The predicted molar refractivity (Wildman–Crippen MR) is 65.5 cm³/mol. The van der Waals surface area contributed by atoms with Crippen molar-refractivity contribution in [1.29, 1.82) is 0 Å². The van der Waals surface area contributed by atoms with Crippen LogP contribution in [-0.4, -0.2) is 18.1 Å². The minimum absolute atomic E-state index is 0.317. The van der Waals surface area contributed by atoms with Gasteiger partial charge in [0.25, 0.3) is 0 Å². The number of hydrogen-bond acceptors (Lipinski definition) is 3. The van der Waals surface area contributed by atoms with E-state index in [4.69, 9.17) is 0 Å². The maximum Gasteiger partial charge on any atom is 0.340 e. The SMILES string of the molecule is COC(=O)c1cnc2c(C)c(F)ccc2c1Br. The topological polar surface area (TPSA) is 39.2 Å². The molecule has 0 atom stereocenters. The molecule has 0 spiro atoms. The Hall–Kier alpha value is -1.49. The summed E-state index contributed by atoms with van der Waals surface area (Å²) in [4.78, 5) is 15.6. The highest BCUT2D eigenvalue weighted by atomic mass is 79.9. The quantitative estimate of drug-likeness (QED) is 0.759. The van der Waals surface area contributed by atoms with E-state index < -0.39 is 5.97 Å². The number of ether oxygens (including phenoxy) is 1. The molecule has 0 saturated heterocycles. The molecule has 0 aliphatic rings. The molecule has 2 rings (SSSR count). The Balaban J connectivity index is 2.77. The molecule has 1 aromatic heterocycles. The molecule has 0 unspecified atom stereocenters. The molecule has 17 heavy (non-hydrogen) atoms. The number of carbonyl (C=O) groups excluding carboxylic acids is 1. The van der Waals surface area contributed by atoms with E-state index in [1.807, 2.05) is 0 Å². The van der Waals surface area contributed by atoms with E-state index in [0.717, 1.165) is 0 Å². The number of methoxy groups -OCH3 is 1. The largest absolute Gasteiger partial charge is 0.465 e. The zero-order valence-corrected chi connectivity index (χ0v) is 10.8. The van der Waals surface area contributed by atoms with Crippen LogP contribution in [0.5, 0.6) is 0 Å². The van der Waals surface area contributed by atoms with Crippen LogP contribution in [-0.2, 0) is 4.74 Å². The first-order valence-corrected chi connectivity index (χ1v) is 5.67. The van der Waals surface area contributed by atoms with Crippen LogP contribution in [0.4, 0.5) is 4.39 Å². The van der Waals surface area contributed by atoms with E-state index in [1.54, 1.807) is 13.0 Å². The van der Waals surface area contributed by atoms with Gasteiger partial charge in [0.2, 0.25) is 0 Å². The minimum Gasteiger partial charge on any atom is -0.465 e. The molecule has 0 radical (unpaired) electrons. The summed E-state index contributed by atoms with van der Waals surface area (Å²) in [7, 11) is 1.30. The van der Waals surface area contributed by atoms with Crippen LogP contribution < -0.4 is 0 Å². The third kappa shape index (κ3) is 1.91. The minimum atomic E-state index is -0.478. The molecular weight excluding hydrogens is 289 g/mol. The number of nitrogens with zero attached hydrogens (tertiary/aromatic N) is 1. The number of carbonyl (C=O) groups is 1. The van der Waals surface area contributed by atoms with Crippen LogP contribution in [0.25, 0.3) is 10.9 Å². The highest BCUT2D eigenvalue weighted by Crippen LogP contribution is 2.29. The van der Waals surface area contributed by atoms with E-state index in [9.17, 15) is 9.18 Å². The summed E-state index contributed by atoms with van der Waals surface area (Å²) in [6, 6.07) is 2.94. The average molecular weight is 298 g/mol. The molecule has 0 aliphatic heterocycles. The molecule has 0 amide bonds. The number of aromatic nitrogens is 1. The Bertz CT molecular complexity index is 613. The second-order valence-corrected chi connectivity index (χ2v) is 4.34. The summed E-state index contributed by atoms with van der Waals surface area (Å²) >= 11 is 3.32. The fourth-order valence-electron chi connectivity index (χ4n) is 1.60. The second-order valence-electron chi connectivity index (χ2n) is 3.55. The van der Waals surface area contributed by atoms with E-state index >= 15 is 0 Å². The van der Waals surface area contributed by atoms with Gasteiger partial charge in [-0.3, -0.25) is 4.98 Å². The molecule has 88 valence electrons. The lowest BCUT2D eigenvalue weighted by Gasteiger charge is -2.07. The number of hydrogen-bond donors (Lipinski definition) is 0. The van der Waals surface area contributed by atoms with E-state index in [1.165, 1.54) is 19.4 Å². The van der Waals surface area contributed by atoms with Crippen molar-refractivity contribution in [2.45, 2.75) is 6.92 Å². The standard InChI is InChI=1S/C12H9BrFNO2/c1-6-9(14)4-3-7-10(13)8(12(16)17-2)5-15-11(6)7/h3-5H,1-2H3. The Morgan fingerprint density at radius 3 is 2.82 bits per heavy atom. The molecule has 0 fully saturated rings. The van der Waals surface area contributed by atoms with Gasteiger partial charge in [0.15, 0.2) is 0 Å². The van der Waals surface area contributed by atoms with Gasteiger partial charge in [-0.15, -0.1) is 0 Å². The number of halogens is 2. The van der Waals surface area contributed by atoms with Gasteiger partial charge in [0.05, 0.1) is 18.2 Å². The van der Waals surface area contributed by atoms with Crippen LogP contribution in [0, 0.1) is 12.7 Å². The molecule has 2 aromatic rings. The number of aryl methyl sites for hydroxylation is 1. The van der Waals surface area contributed by atoms with Crippen LogP contribution in [0.2, 0.25) is 0 Å². The first-order chi connectivity index (χ1) is 8.06. The number of fused-ring (bicyclic) bond motifs is 1. The predicted octanol–water partition coefficient (Wildman–Crippen LogP) is 3.23. The monoisotopic (exact) mass is 297 g/mol. The Kier molecular flexibility index (Phi) is 3.11. The third-order valence-corrected chi connectivity index (χ3v) is 3.42. The van der Waals surface area contributed by atoms with Crippen LogP contribution in [0.1, 0.15) is 15.9 Å². The first-order valence-electron chi connectivity index (χ1n) is 4.88. The van der Waals surface area contributed by atoms with Crippen molar-refractivity contribution in [2.24, 2.45) is 0 Å². The summed E-state index contributed by atoms with van der Waals surface area (Å²) in [6.45, 7) is 1.65. The fraction of sp³-hybridized carbons (Fsp3) is 0.167. The van der Waals surface area contributed by atoms with Crippen molar-refractivity contribution < 1.29 is 13.9 Å². The van der Waals surface area contributed by atoms with E-state index in [0.29, 0.717) is 26.5 Å². The van der Waals surface area contributed by atoms with Crippen molar-refractivity contribution in [3.8, 4) is 0 Å². The lowest BCUT2D eigenvalue weighted by Crippen LogP contribution is -2.04. The van der Waals surface area contributed by atoms with Crippen molar-refractivity contribution in [3.05, 3.63) is 39.7 Å². The first kappa shape index (κ1) is 12.0. The van der Waals surface area contributed by atoms with Crippen LogP contribution >= 0.6 is 15.9 Å². The average Bonchev–Trinajstić information content (AvgIpc) is 2.33. The molecule has 0 aliphatic carbocycles. The highest BCUT2D eigenvalue weighted by molar-refractivity contribution is 9.10. The molecular formula is C12H9BrFNO2. The van der Waals surface area contributed by atoms with Gasteiger partial charge in [-0.2, -0.15) is 0 Å². The Labute approximate surface area is 106 Å². The second kappa shape index (κ2) is 4.41. The Morgan fingerprint density at radius 1 is 1.47 bits per heavy atom. The number of pyridine rings is 1. The zero-order chi connectivity index (χ0) is 12.6. The Morgan fingerprint density at radius 2 is 2.18 bits per heavy atom. The molecule has 0 bridgehead atoms. The van der Waals surface area contributed by atoms with Crippen molar-refractivity contribution in [1.82, 2.24) is 4.98 Å². The highest BCUT2D eigenvalue weighted by Gasteiger charge is 2.15. The maximum atomic E-state index is 13.4. The summed E-state index contributed by atoms with van der Waals surface area (Å²) in [5, 5.41) is 0.687. The third-order valence-electron chi connectivity index (χ3n) is 2.57. The van der Waals surface area contributed by atoms with Crippen molar-refractivity contribution in [2.75, 3.05) is 7.11 Å². The summed E-state index contributed by atoms with van der Waals surface area (Å²) < 4.78 is 18.6. The lowest BCUT2D eigenvalue weighted by atomic mass is 10.1. The van der Waals surface area contributed by atoms with Gasteiger partial charge < -0.3 is 4.74 Å². The van der Waals surface area contributed by atoms with Gasteiger partial charge in [-0.25, -0.2) is 9.18 Å². The lowest BCUT2D eigenvalue weighted by molar-refractivity contribution is 0.0599. The normalized spacial score (nSPS) is 10.6. The fourth-order valence-corrected chi connectivity index (χ4v) is 2.19. The summed E-state index contributed by atoms with van der Waals surface area (Å²) in [6.07, 6.45) is 1.38. The summed E-state index contributed by atoms with van der Waals surface area (Å²) in [5.74, 6) is -0.795. The van der Waals surface area contributed by atoms with Gasteiger partial charge in [0.1, 0.15) is 5.82 Å².